The SMILES string of the molecule is CCc1cc2c(=O)cc(-c3nc(C)cs3)oc2cc1OC(C)C(=O)O. The monoisotopic (exact) mass is 359 g/mol. The Balaban J connectivity index is 2.15. The third-order valence-electron chi connectivity index (χ3n) is 3.77. The normalized spacial score (nSPS) is 12.3. The van der Waals surface area contributed by atoms with Crippen LogP contribution in [-0.2, 0) is 11.2 Å². The minimum Gasteiger partial charge on any atom is -0.479 e. The molecule has 7 heteroatoms. The van der Waals surface area contributed by atoms with Gasteiger partial charge in [0.25, 0.3) is 0 Å². The van der Waals surface area contributed by atoms with Crippen LogP contribution < -0.4 is 10.2 Å². The number of benzene rings is 1. The maximum atomic E-state index is 12.5. The summed E-state index contributed by atoms with van der Waals surface area (Å²) in [7, 11) is 0. The Kier molecular flexibility index (Phi) is 4.59. The van der Waals surface area contributed by atoms with Gasteiger partial charge in [-0.25, -0.2) is 9.78 Å². The molecule has 3 rings (SSSR count). The fourth-order valence-electron chi connectivity index (χ4n) is 2.43. The van der Waals surface area contributed by atoms with Crippen LogP contribution in [0.15, 0.2) is 32.8 Å². The van der Waals surface area contributed by atoms with Crippen LogP contribution in [-0.4, -0.2) is 22.2 Å². The predicted molar refractivity (Wildman–Crippen MR) is 95.4 cm³/mol. The van der Waals surface area contributed by atoms with Crippen LogP contribution in [0.5, 0.6) is 5.75 Å². The second-order valence-electron chi connectivity index (χ2n) is 5.68. The van der Waals surface area contributed by atoms with Gasteiger partial charge < -0.3 is 14.3 Å². The van der Waals surface area contributed by atoms with Crippen LogP contribution in [0.25, 0.3) is 21.7 Å². The summed E-state index contributed by atoms with van der Waals surface area (Å²) in [5.74, 6) is -0.270. The lowest BCUT2D eigenvalue weighted by Gasteiger charge is -2.14. The van der Waals surface area contributed by atoms with Crippen LogP contribution in [0.2, 0.25) is 0 Å². The van der Waals surface area contributed by atoms with E-state index in [4.69, 9.17) is 14.3 Å². The molecule has 25 heavy (non-hydrogen) atoms. The van der Waals surface area contributed by atoms with Crippen LogP contribution in [0, 0.1) is 6.92 Å². The van der Waals surface area contributed by atoms with Gasteiger partial charge in [-0.3, -0.25) is 4.79 Å². The van der Waals surface area contributed by atoms with E-state index in [0.29, 0.717) is 33.9 Å². The number of nitrogens with zero attached hydrogens (tertiary/aromatic N) is 1. The van der Waals surface area contributed by atoms with Gasteiger partial charge in [0.1, 0.15) is 11.3 Å². The Morgan fingerprint density at radius 1 is 1.40 bits per heavy atom. The molecule has 2 aromatic heterocycles. The number of carboxylic acid groups (broad SMARTS) is 1. The van der Waals surface area contributed by atoms with E-state index < -0.39 is 12.1 Å². The Hall–Kier alpha value is -2.67. The van der Waals surface area contributed by atoms with Gasteiger partial charge in [0, 0.05) is 23.2 Å². The highest BCUT2D eigenvalue weighted by Crippen LogP contribution is 2.30. The van der Waals surface area contributed by atoms with Crippen molar-refractivity contribution in [2.24, 2.45) is 0 Å². The fourth-order valence-corrected chi connectivity index (χ4v) is 3.18. The molecule has 0 fully saturated rings. The van der Waals surface area contributed by atoms with Gasteiger partial charge in [0.2, 0.25) is 0 Å². The zero-order chi connectivity index (χ0) is 18.1. The lowest BCUT2D eigenvalue weighted by atomic mass is 10.1. The smallest absolute Gasteiger partial charge is 0.344 e. The molecule has 1 aromatic carbocycles. The maximum Gasteiger partial charge on any atom is 0.344 e. The third-order valence-corrected chi connectivity index (χ3v) is 4.75. The van der Waals surface area contributed by atoms with E-state index in [1.54, 1.807) is 12.1 Å². The molecule has 3 aromatic rings. The van der Waals surface area contributed by atoms with Crippen molar-refractivity contribution in [1.29, 1.82) is 0 Å². The molecule has 6 nitrogen and oxygen atoms in total. The molecule has 0 spiro atoms. The number of fused-ring (bicyclic) bond motifs is 1. The van der Waals surface area contributed by atoms with Crippen LogP contribution in [0.3, 0.4) is 0 Å². The summed E-state index contributed by atoms with van der Waals surface area (Å²) in [4.78, 5) is 27.9. The number of hydrogen-bond acceptors (Lipinski definition) is 6. The molecule has 0 aliphatic carbocycles. The Bertz CT molecular complexity index is 1000. The Morgan fingerprint density at radius 2 is 2.16 bits per heavy atom. The van der Waals surface area contributed by atoms with Crippen molar-refractivity contribution >= 4 is 28.3 Å². The number of aromatic nitrogens is 1. The van der Waals surface area contributed by atoms with Crippen molar-refractivity contribution < 1.29 is 19.1 Å². The number of rotatable bonds is 5. The van der Waals surface area contributed by atoms with Gasteiger partial charge in [0.05, 0.1) is 5.39 Å². The van der Waals surface area contributed by atoms with Crippen LogP contribution in [0.1, 0.15) is 25.1 Å². The molecule has 2 heterocycles. The molecule has 1 atom stereocenters. The summed E-state index contributed by atoms with van der Waals surface area (Å²) in [6.45, 7) is 5.23. The molecule has 1 N–H and O–H groups in total. The predicted octanol–water partition coefficient (Wildman–Crippen LogP) is 3.64. The van der Waals surface area contributed by atoms with Gasteiger partial charge >= 0.3 is 5.97 Å². The minimum atomic E-state index is -1.06. The number of aliphatic carboxylic acids is 1. The molecule has 1 unspecified atom stereocenters. The zero-order valence-electron chi connectivity index (χ0n) is 14.0. The first-order valence-electron chi connectivity index (χ1n) is 7.81. The van der Waals surface area contributed by atoms with E-state index >= 15 is 0 Å². The zero-order valence-corrected chi connectivity index (χ0v) is 14.8. The standard InChI is InChI=1S/C18H17NO5S/c1-4-11-5-12-13(20)6-16(17-19-9(2)8-25-17)24-15(12)7-14(11)23-10(3)18(21)22/h5-8,10H,4H2,1-3H3,(H,21,22). The van der Waals surface area contributed by atoms with Gasteiger partial charge in [-0.2, -0.15) is 0 Å². The summed E-state index contributed by atoms with van der Waals surface area (Å²) >= 11 is 1.39. The number of ether oxygens (including phenoxy) is 1. The molecule has 0 aliphatic rings. The molecule has 0 saturated heterocycles. The first kappa shape index (κ1) is 17.2. The van der Waals surface area contributed by atoms with Crippen molar-refractivity contribution in [3.05, 3.63) is 45.1 Å². The fraction of sp³-hybridized carbons (Fsp3) is 0.278. The topological polar surface area (TPSA) is 89.6 Å². The Morgan fingerprint density at radius 3 is 2.76 bits per heavy atom. The summed E-state index contributed by atoms with van der Waals surface area (Å²) < 4.78 is 11.4. The van der Waals surface area contributed by atoms with Crippen LogP contribution >= 0.6 is 11.3 Å². The lowest BCUT2D eigenvalue weighted by Crippen LogP contribution is -2.23. The molecule has 0 amide bonds. The van der Waals surface area contributed by atoms with Crippen molar-refractivity contribution in [3.63, 3.8) is 0 Å². The van der Waals surface area contributed by atoms with E-state index in [2.05, 4.69) is 4.98 Å². The summed E-state index contributed by atoms with van der Waals surface area (Å²) in [5, 5.41) is 12.0. The van der Waals surface area contributed by atoms with Crippen LogP contribution in [0.4, 0.5) is 0 Å². The second-order valence-corrected chi connectivity index (χ2v) is 6.54. The summed E-state index contributed by atoms with van der Waals surface area (Å²) in [5.41, 5.74) is 1.78. The van der Waals surface area contributed by atoms with Gasteiger partial charge in [0.15, 0.2) is 22.3 Å². The number of carbonyl (C=O) groups is 1. The molecule has 130 valence electrons. The van der Waals surface area contributed by atoms with Crippen molar-refractivity contribution in [2.45, 2.75) is 33.3 Å². The molecular weight excluding hydrogens is 342 g/mol. The average Bonchev–Trinajstić information content (AvgIpc) is 3.00. The number of carboxylic acids is 1. The van der Waals surface area contributed by atoms with E-state index in [0.717, 1.165) is 11.3 Å². The first-order valence-corrected chi connectivity index (χ1v) is 8.69. The molecule has 0 radical (unpaired) electrons. The number of aryl methyl sites for hydroxylation is 2. The van der Waals surface area contributed by atoms with Gasteiger partial charge in [-0.15, -0.1) is 11.3 Å². The molecule has 0 bridgehead atoms. The lowest BCUT2D eigenvalue weighted by molar-refractivity contribution is -0.144. The van der Waals surface area contributed by atoms with E-state index in [9.17, 15) is 9.59 Å². The Labute approximate surface area is 147 Å². The molecule has 0 saturated carbocycles. The quantitative estimate of drug-likeness (QED) is 0.748. The summed E-state index contributed by atoms with van der Waals surface area (Å²) in [6, 6.07) is 4.71. The highest BCUT2D eigenvalue weighted by Gasteiger charge is 2.17. The number of hydrogen-bond donors (Lipinski definition) is 1. The molecule has 0 aliphatic heterocycles. The van der Waals surface area contributed by atoms with Gasteiger partial charge in [-0.1, -0.05) is 6.92 Å². The second kappa shape index (κ2) is 6.68. The minimum absolute atomic E-state index is 0.170. The van der Waals surface area contributed by atoms with E-state index in [1.165, 1.54) is 24.3 Å². The largest absolute Gasteiger partial charge is 0.479 e. The highest BCUT2D eigenvalue weighted by atomic mass is 32.1. The molecular formula is C18H17NO5S. The number of thiazole rings is 1. The van der Waals surface area contributed by atoms with E-state index in [-0.39, 0.29) is 5.43 Å². The van der Waals surface area contributed by atoms with Crippen molar-refractivity contribution in [1.82, 2.24) is 4.98 Å². The maximum absolute atomic E-state index is 12.5. The average molecular weight is 359 g/mol. The third kappa shape index (κ3) is 3.41. The van der Waals surface area contributed by atoms with Crippen molar-refractivity contribution in [2.75, 3.05) is 0 Å². The van der Waals surface area contributed by atoms with E-state index in [1.807, 2.05) is 19.2 Å². The van der Waals surface area contributed by atoms with Gasteiger partial charge in [-0.05, 0) is 31.9 Å². The summed E-state index contributed by atoms with van der Waals surface area (Å²) in [6.07, 6.45) is -0.399. The van der Waals surface area contributed by atoms with Crippen molar-refractivity contribution in [3.8, 4) is 16.5 Å². The highest BCUT2D eigenvalue weighted by molar-refractivity contribution is 7.13. The first-order chi connectivity index (χ1) is 11.9.